The molecule has 1 aromatic rings. The average Bonchev–Trinajstić information content (AvgIpc) is 3.42. The van der Waals surface area contributed by atoms with E-state index in [1.807, 2.05) is 17.0 Å². The molecule has 2 saturated heterocycles. The van der Waals surface area contributed by atoms with Crippen molar-refractivity contribution in [2.45, 2.75) is 57.7 Å². The zero-order valence-corrected chi connectivity index (χ0v) is 16.8. The van der Waals surface area contributed by atoms with E-state index in [0.717, 1.165) is 12.1 Å². The van der Waals surface area contributed by atoms with Crippen LogP contribution in [0.2, 0.25) is 0 Å². The molecule has 7 nitrogen and oxygen atoms in total. The first kappa shape index (κ1) is 19.3. The van der Waals surface area contributed by atoms with Gasteiger partial charge in [0.05, 0.1) is 6.04 Å². The van der Waals surface area contributed by atoms with Crippen LogP contribution in [0.15, 0.2) is 24.5 Å². The predicted octanol–water partition coefficient (Wildman–Crippen LogP) is 1.48. The molecule has 4 rings (SSSR count). The van der Waals surface area contributed by atoms with Crippen molar-refractivity contribution in [3.8, 4) is 0 Å². The topological polar surface area (TPSA) is 77.6 Å². The monoisotopic (exact) mass is 385 g/mol. The summed E-state index contributed by atoms with van der Waals surface area (Å²) in [5.41, 5.74) is 7.54. The maximum Gasteiger partial charge on any atom is 0.241 e. The van der Waals surface area contributed by atoms with Gasteiger partial charge in [0.2, 0.25) is 11.8 Å². The Balaban J connectivity index is 1.43. The first-order valence-corrected chi connectivity index (χ1v) is 10.5. The third kappa shape index (κ3) is 4.20. The number of carbonyl (C=O) groups excluding carboxylic acids is 2. The molecule has 2 aliphatic heterocycles. The van der Waals surface area contributed by atoms with Crippen LogP contribution in [0, 0.1) is 11.8 Å². The Kier molecular flexibility index (Phi) is 5.64. The van der Waals surface area contributed by atoms with Crippen LogP contribution in [-0.4, -0.2) is 58.3 Å². The van der Waals surface area contributed by atoms with E-state index in [0.29, 0.717) is 37.8 Å². The first-order valence-electron chi connectivity index (χ1n) is 10.5. The van der Waals surface area contributed by atoms with Crippen LogP contribution >= 0.6 is 0 Å². The van der Waals surface area contributed by atoms with Gasteiger partial charge < -0.3 is 9.80 Å². The van der Waals surface area contributed by atoms with Crippen LogP contribution in [0.4, 0.5) is 0 Å². The van der Waals surface area contributed by atoms with Crippen molar-refractivity contribution < 1.29 is 9.59 Å². The molecule has 2 amide bonds. The Labute approximate surface area is 166 Å². The summed E-state index contributed by atoms with van der Waals surface area (Å²) in [6.45, 7) is 6.31. The van der Waals surface area contributed by atoms with E-state index in [4.69, 9.17) is 0 Å². The highest BCUT2D eigenvalue weighted by atomic mass is 16.2. The van der Waals surface area contributed by atoms with Gasteiger partial charge in [0.25, 0.3) is 0 Å². The van der Waals surface area contributed by atoms with Crippen molar-refractivity contribution in [1.82, 2.24) is 25.6 Å². The fourth-order valence-corrected chi connectivity index (χ4v) is 4.31. The van der Waals surface area contributed by atoms with Crippen molar-refractivity contribution in [2.24, 2.45) is 11.8 Å². The van der Waals surface area contributed by atoms with Gasteiger partial charge in [-0.15, -0.1) is 0 Å². The smallest absolute Gasteiger partial charge is 0.241 e. The van der Waals surface area contributed by atoms with E-state index < -0.39 is 0 Å². The fraction of sp³-hybridized carbons (Fsp3) is 0.667. The molecule has 3 atom stereocenters. The van der Waals surface area contributed by atoms with Gasteiger partial charge in [0.1, 0.15) is 6.04 Å². The number of hydrogen-bond donors (Lipinski definition) is 2. The van der Waals surface area contributed by atoms with Gasteiger partial charge in [-0.2, -0.15) is 0 Å². The zero-order valence-electron chi connectivity index (χ0n) is 16.8. The van der Waals surface area contributed by atoms with Gasteiger partial charge >= 0.3 is 0 Å². The SMILES string of the molecule is CC(C)C1CN(C(=O)C2CC(c3ccncc3)NN2)CCC(=O)N1CC1CC1. The van der Waals surface area contributed by atoms with Crippen LogP contribution < -0.4 is 10.9 Å². The number of hydrogen-bond acceptors (Lipinski definition) is 5. The number of rotatable bonds is 5. The van der Waals surface area contributed by atoms with Crippen molar-refractivity contribution in [3.05, 3.63) is 30.1 Å². The maximum absolute atomic E-state index is 13.2. The van der Waals surface area contributed by atoms with E-state index >= 15 is 0 Å². The standard InChI is InChI=1S/C21H31N5O2/c1-14(2)19-13-25(10-7-20(27)26(19)12-15-3-4-15)21(28)18-11-17(23-24-18)16-5-8-22-9-6-16/h5-6,8-9,14-15,17-19,23-24H,3-4,7,10-13H2,1-2H3. The third-order valence-electron chi connectivity index (χ3n) is 6.27. The van der Waals surface area contributed by atoms with Crippen LogP contribution in [0.1, 0.15) is 51.1 Å². The Morgan fingerprint density at radius 3 is 2.68 bits per heavy atom. The van der Waals surface area contributed by atoms with Crippen molar-refractivity contribution in [3.63, 3.8) is 0 Å². The molecule has 3 heterocycles. The summed E-state index contributed by atoms with van der Waals surface area (Å²) in [6, 6.07) is 3.88. The number of amides is 2. The van der Waals surface area contributed by atoms with Gasteiger partial charge in [-0.3, -0.25) is 14.6 Å². The highest BCUT2D eigenvalue weighted by molar-refractivity contribution is 5.84. The number of hydrazine groups is 1. The maximum atomic E-state index is 13.2. The van der Waals surface area contributed by atoms with Gasteiger partial charge in [-0.1, -0.05) is 13.8 Å². The zero-order chi connectivity index (χ0) is 19.7. The van der Waals surface area contributed by atoms with E-state index in [9.17, 15) is 9.59 Å². The van der Waals surface area contributed by atoms with Gasteiger partial charge in [0, 0.05) is 44.5 Å². The first-order chi connectivity index (χ1) is 13.5. The molecule has 3 fully saturated rings. The second-order valence-electron chi connectivity index (χ2n) is 8.75. The van der Waals surface area contributed by atoms with E-state index in [2.05, 4.69) is 34.6 Å². The summed E-state index contributed by atoms with van der Waals surface area (Å²) < 4.78 is 0. The molecule has 0 aromatic carbocycles. The Morgan fingerprint density at radius 1 is 1.25 bits per heavy atom. The Morgan fingerprint density at radius 2 is 2.00 bits per heavy atom. The van der Waals surface area contributed by atoms with Gasteiger partial charge in [-0.05, 0) is 48.8 Å². The van der Waals surface area contributed by atoms with Crippen molar-refractivity contribution >= 4 is 11.8 Å². The van der Waals surface area contributed by atoms with E-state index in [1.165, 1.54) is 12.8 Å². The molecule has 152 valence electrons. The second kappa shape index (κ2) is 8.17. The molecule has 28 heavy (non-hydrogen) atoms. The summed E-state index contributed by atoms with van der Waals surface area (Å²) in [5.74, 6) is 1.29. The lowest BCUT2D eigenvalue weighted by Crippen LogP contribution is -2.51. The summed E-state index contributed by atoms with van der Waals surface area (Å²) >= 11 is 0. The minimum Gasteiger partial charge on any atom is -0.339 e. The lowest BCUT2D eigenvalue weighted by atomic mass is 10.00. The highest BCUT2D eigenvalue weighted by Gasteiger charge is 2.39. The molecular weight excluding hydrogens is 354 g/mol. The number of pyridine rings is 1. The summed E-state index contributed by atoms with van der Waals surface area (Å²) in [7, 11) is 0. The molecule has 3 unspecified atom stereocenters. The van der Waals surface area contributed by atoms with Gasteiger partial charge in [-0.25, -0.2) is 10.9 Å². The van der Waals surface area contributed by atoms with Crippen LogP contribution in [0.5, 0.6) is 0 Å². The van der Waals surface area contributed by atoms with Gasteiger partial charge in [0.15, 0.2) is 0 Å². The molecule has 0 spiro atoms. The number of aromatic nitrogens is 1. The summed E-state index contributed by atoms with van der Waals surface area (Å²) in [4.78, 5) is 34.0. The minimum absolute atomic E-state index is 0.0933. The third-order valence-corrected chi connectivity index (χ3v) is 6.27. The summed E-state index contributed by atoms with van der Waals surface area (Å²) in [6.07, 6.45) is 7.13. The molecule has 1 saturated carbocycles. The Bertz CT molecular complexity index is 706. The number of nitrogens with one attached hydrogen (secondary N) is 2. The molecular formula is C21H31N5O2. The highest BCUT2D eigenvalue weighted by Crippen LogP contribution is 2.32. The molecule has 7 heteroatoms. The van der Waals surface area contributed by atoms with Crippen molar-refractivity contribution in [1.29, 1.82) is 0 Å². The predicted molar refractivity (Wildman–Crippen MR) is 106 cm³/mol. The molecule has 3 aliphatic rings. The molecule has 1 aliphatic carbocycles. The van der Waals surface area contributed by atoms with E-state index in [-0.39, 0.29) is 29.9 Å². The molecule has 1 aromatic heterocycles. The van der Waals surface area contributed by atoms with Crippen LogP contribution in [-0.2, 0) is 9.59 Å². The van der Waals surface area contributed by atoms with Crippen LogP contribution in [0.3, 0.4) is 0 Å². The van der Waals surface area contributed by atoms with Crippen molar-refractivity contribution in [2.75, 3.05) is 19.6 Å². The van der Waals surface area contributed by atoms with Crippen LogP contribution in [0.25, 0.3) is 0 Å². The number of nitrogens with zero attached hydrogens (tertiary/aromatic N) is 3. The number of carbonyl (C=O) groups is 2. The fourth-order valence-electron chi connectivity index (χ4n) is 4.31. The quantitative estimate of drug-likeness (QED) is 0.803. The molecule has 0 radical (unpaired) electrons. The molecule has 0 bridgehead atoms. The average molecular weight is 386 g/mol. The Hall–Kier alpha value is -1.99. The minimum atomic E-state index is -0.268. The normalized spacial score (nSPS) is 28.7. The largest absolute Gasteiger partial charge is 0.339 e. The van der Waals surface area contributed by atoms with E-state index in [1.54, 1.807) is 12.4 Å². The lowest BCUT2D eigenvalue weighted by molar-refractivity contribution is -0.134. The lowest BCUT2D eigenvalue weighted by Gasteiger charge is -2.35. The second-order valence-corrected chi connectivity index (χ2v) is 8.75. The molecule has 2 N–H and O–H groups in total. The summed E-state index contributed by atoms with van der Waals surface area (Å²) in [5, 5.41) is 0.